The van der Waals surface area contributed by atoms with Crippen LogP contribution < -0.4 is 10.6 Å². The molecule has 0 fully saturated rings. The van der Waals surface area contributed by atoms with E-state index in [2.05, 4.69) is 26.6 Å². The first-order valence-corrected chi connectivity index (χ1v) is 10.8. The Balaban J connectivity index is 1.69. The Bertz CT molecular complexity index is 1120. The van der Waals surface area contributed by atoms with Gasteiger partial charge in [-0.15, -0.1) is 0 Å². The van der Waals surface area contributed by atoms with Crippen LogP contribution in [0, 0.1) is 6.92 Å². The lowest BCUT2D eigenvalue weighted by Gasteiger charge is -2.20. The number of nitrogens with one attached hydrogen (secondary N) is 2. The van der Waals surface area contributed by atoms with Crippen molar-refractivity contribution in [3.05, 3.63) is 99.5 Å². The molecule has 2 N–H and O–H groups in total. The van der Waals surface area contributed by atoms with E-state index in [9.17, 15) is 9.59 Å². The van der Waals surface area contributed by atoms with Gasteiger partial charge in [-0.1, -0.05) is 64.5 Å². The summed E-state index contributed by atoms with van der Waals surface area (Å²) in [7, 11) is 1.75. The number of hydrogen-bond acceptors (Lipinski definition) is 3. The van der Waals surface area contributed by atoms with Gasteiger partial charge in [0.15, 0.2) is 5.11 Å². The van der Waals surface area contributed by atoms with Gasteiger partial charge in [0, 0.05) is 23.6 Å². The molecule has 0 unspecified atom stereocenters. The lowest BCUT2D eigenvalue weighted by molar-refractivity contribution is 0.0786. The van der Waals surface area contributed by atoms with Gasteiger partial charge in [0.1, 0.15) is 0 Å². The molecule has 0 aliphatic rings. The van der Waals surface area contributed by atoms with Crippen LogP contribution in [0.3, 0.4) is 0 Å². The summed E-state index contributed by atoms with van der Waals surface area (Å²) in [5, 5.41) is 5.76. The quantitative estimate of drug-likeness (QED) is 0.480. The summed E-state index contributed by atoms with van der Waals surface area (Å²) in [6.45, 7) is 2.43. The first kappa shape index (κ1) is 22.7. The fraction of sp³-hybridized carbons (Fsp3) is 0.125. The molecule has 0 aliphatic carbocycles. The van der Waals surface area contributed by atoms with Crippen molar-refractivity contribution in [3.8, 4) is 0 Å². The number of rotatable bonds is 5. The van der Waals surface area contributed by atoms with Crippen molar-refractivity contribution in [2.45, 2.75) is 13.5 Å². The van der Waals surface area contributed by atoms with Crippen molar-refractivity contribution in [1.29, 1.82) is 0 Å². The number of carbonyl (C=O) groups excluding carboxylic acids is 2. The molecule has 3 aromatic rings. The Morgan fingerprint density at radius 3 is 2.39 bits per heavy atom. The molecule has 0 saturated heterocycles. The zero-order valence-electron chi connectivity index (χ0n) is 17.2. The van der Waals surface area contributed by atoms with Gasteiger partial charge in [-0.2, -0.15) is 0 Å². The van der Waals surface area contributed by atoms with Crippen LogP contribution in [0.4, 0.5) is 5.69 Å². The molecule has 31 heavy (non-hydrogen) atoms. The Morgan fingerprint density at radius 1 is 1.00 bits per heavy atom. The molecule has 2 amide bonds. The second-order valence-corrected chi connectivity index (χ2v) is 8.33. The van der Waals surface area contributed by atoms with E-state index in [0.29, 0.717) is 23.4 Å². The molecule has 158 valence electrons. The molecule has 3 aromatic carbocycles. The van der Waals surface area contributed by atoms with Gasteiger partial charge in [0.2, 0.25) is 0 Å². The Hall–Kier alpha value is -3.03. The predicted octanol–water partition coefficient (Wildman–Crippen LogP) is 5.16. The third kappa shape index (κ3) is 5.99. The van der Waals surface area contributed by atoms with Crippen LogP contribution in [-0.2, 0) is 6.54 Å². The summed E-state index contributed by atoms with van der Waals surface area (Å²) in [5.41, 5.74) is 3.55. The molecular weight excluding hydrogens is 474 g/mol. The largest absolute Gasteiger partial charge is 0.337 e. The van der Waals surface area contributed by atoms with Crippen molar-refractivity contribution in [2.75, 3.05) is 12.4 Å². The minimum Gasteiger partial charge on any atom is -0.337 e. The van der Waals surface area contributed by atoms with Gasteiger partial charge < -0.3 is 10.2 Å². The third-order valence-corrected chi connectivity index (χ3v) is 5.73. The van der Waals surface area contributed by atoms with E-state index in [-0.39, 0.29) is 16.9 Å². The maximum atomic E-state index is 13.0. The van der Waals surface area contributed by atoms with E-state index in [4.69, 9.17) is 12.2 Å². The highest BCUT2D eigenvalue weighted by Crippen LogP contribution is 2.19. The van der Waals surface area contributed by atoms with Gasteiger partial charge in [-0.25, -0.2) is 0 Å². The van der Waals surface area contributed by atoms with Crippen LogP contribution in [0.25, 0.3) is 0 Å². The Kier molecular flexibility index (Phi) is 7.55. The second-order valence-electron chi connectivity index (χ2n) is 7.06. The number of carbonyl (C=O) groups is 2. The molecule has 7 heteroatoms. The molecule has 0 saturated carbocycles. The number of thiocarbonyl (C=S) groups is 1. The van der Waals surface area contributed by atoms with Gasteiger partial charge >= 0.3 is 0 Å². The molecule has 0 spiro atoms. The summed E-state index contributed by atoms with van der Waals surface area (Å²) >= 11 is 8.73. The average molecular weight is 496 g/mol. The van der Waals surface area contributed by atoms with E-state index in [1.54, 1.807) is 48.3 Å². The number of amides is 2. The Morgan fingerprint density at radius 2 is 1.68 bits per heavy atom. The van der Waals surface area contributed by atoms with Gasteiger partial charge in [0.05, 0.1) is 11.3 Å². The normalized spacial score (nSPS) is 10.3. The summed E-state index contributed by atoms with van der Waals surface area (Å²) in [6, 6.07) is 22.2. The second kappa shape index (κ2) is 10.3. The molecule has 0 atom stereocenters. The SMILES string of the molecule is Cc1ccc(C(=O)NC(=S)Nc2ccccc2C(=O)N(C)Cc2ccccc2)cc1Br. The molecular formula is C24H22BrN3O2S. The summed E-state index contributed by atoms with van der Waals surface area (Å²) in [4.78, 5) is 27.2. The minimum atomic E-state index is -0.330. The van der Waals surface area contributed by atoms with Crippen LogP contribution in [0.2, 0.25) is 0 Å². The summed E-state index contributed by atoms with van der Waals surface area (Å²) in [5.74, 6) is -0.480. The van der Waals surface area contributed by atoms with Crippen LogP contribution in [-0.4, -0.2) is 28.9 Å². The zero-order chi connectivity index (χ0) is 22.4. The molecule has 0 bridgehead atoms. The molecule has 0 radical (unpaired) electrons. The highest BCUT2D eigenvalue weighted by atomic mass is 79.9. The number of hydrogen-bond donors (Lipinski definition) is 2. The van der Waals surface area contributed by atoms with Crippen molar-refractivity contribution in [1.82, 2.24) is 10.2 Å². The van der Waals surface area contributed by atoms with Crippen LogP contribution in [0.5, 0.6) is 0 Å². The zero-order valence-corrected chi connectivity index (χ0v) is 19.6. The Labute approximate surface area is 195 Å². The average Bonchev–Trinajstić information content (AvgIpc) is 2.76. The van der Waals surface area contributed by atoms with Gasteiger partial charge in [-0.05, 0) is 54.5 Å². The fourth-order valence-corrected chi connectivity index (χ4v) is 3.56. The van der Waals surface area contributed by atoms with Gasteiger partial charge in [0.25, 0.3) is 11.8 Å². The van der Waals surface area contributed by atoms with Crippen LogP contribution in [0.1, 0.15) is 31.8 Å². The minimum absolute atomic E-state index is 0.118. The number of benzene rings is 3. The van der Waals surface area contributed by atoms with Crippen molar-refractivity contribution in [2.24, 2.45) is 0 Å². The maximum absolute atomic E-state index is 13.0. The van der Waals surface area contributed by atoms with Crippen LogP contribution in [0.15, 0.2) is 77.3 Å². The van der Waals surface area contributed by atoms with E-state index >= 15 is 0 Å². The topological polar surface area (TPSA) is 61.4 Å². The number of nitrogens with zero attached hydrogens (tertiary/aromatic N) is 1. The number of anilines is 1. The lowest BCUT2D eigenvalue weighted by atomic mass is 10.1. The molecule has 3 rings (SSSR count). The predicted molar refractivity (Wildman–Crippen MR) is 131 cm³/mol. The first-order chi connectivity index (χ1) is 14.8. The van der Waals surface area contributed by atoms with Crippen molar-refractivity contribution < 1.29 is 9.59 Å². The van der Waals surface area contributed by atoms with Gasteiger partial charge in [-0.3, -0.25) is 14.9 Å². The monoisotopic (exact) mass is 495 g/mol. The highest BCUT2D eigenvalue weighted by Gasteiger charge is 2.17. The standard InChI is InChI=1S/C24H22BrN3O2S/c1-16-12-13-18(14-20(16)25)22(29)27-24(31)26-21-11-7-6-10-19(21)23(30)28(2)15-17-8-4-3-5-9-17/h3-14H,15H2,1-2H3,(H2,26,27,29,31). The smallest absolute Gasteiger partial charge is 0.257 e. The summed E-state index contributed by atoms with van der Waals surface area (Å²) in [6.07, 6.45) is 0. The highest BCUT2D eigenvalue weighted by molar-refractivity contribution is 9.10. The van der Waals surface area contributed by atoms with E-state index in [1.165, 1.54) is 0 Å². The van der Waals surface area contributed by atoms with Crippen molar-refractivity contribution in [3.63, 3.8) is 0 Å². The number of para-hydroxylation sites is 1. The third-order valence-electron chi connectivity index (χ3n) is 4.68. The van der Waals surface area contributed by atoms with E-state index in [1.807, 2.05) is 43.3 Å². The number of halogens is 1. The van der Waals surface area contributed by atoms with Crippen molar-refractivity contribution >= 4 is 50.8 Å². The first-order valence-electron chi connectivity index (χ1n) is 9.62. The molecule has 5 nitrogen and oxygen atoms in total. The molecule has 0 heterocycles. The lowest BCUT2D eigenvalue weighted by Crippen LogP contribution is -2.35. The maximum Gasteiger partial charge on any atom is 0.257 e. The van der Waals surface area contributed by atoms with Crippen LogP contribution >= 0.6 is 28.1 Å². The van der Waals surface area contributed by atoms with E-state index < -0.39 is 0 Å². The molecule has 0 aliphatic heterocycles. The number of aryl methyl sites for hydroxylation is 1. The fourth-order valence-electron chi connectivity index (χ4n) is 2.98. The van der Waals surface area contributed by atoms with E-state index in [0.717, 1.165) is 15.6 Å². The molecule has 0 aromatic heterocycles. The summed E-state index contributed by atoms with van der Waals surface area (Å²) < 4.78 is 0.844.